The lowest BCUT2D eigenvalue weighted by Crippen LogP contribution is -2.32. The lowest BCUT2D eigenvalue weighted by atomic mass is 9.81. The van der Waals surface area contributed by atoms with Crippen molar-refractivity contribution in [1.82, 2.24) is 19.9 Å². The number of methoxy groups -OCH3 is 1. The van der Waals surface area contributed by atoms with Gasteiger partial charge in [0.25, 0.3) is 0 Å². The number of carbonyl (C=O) groups is 2. The van der Waals surface area contributed by atoms with Crippen LogP contribution >= 0.6 is 12.2 Å². The monoisotopic (exact) mass is 516 g/mol. The minimum absolute atomic E-state index is 0.0665. The van der Waals surface area contributed by atoms with Gasteiger partial charge in [-0.05, 0) is 42.7 Å². The van der Waals surface area contributed by atoms with Crippen molar-refractivity contribution in [3.63, 3.8) is 0 Å². The number of imidazole rings is 1. The molecule has 2 N–H and O–H groups in total. The Bertz CT molecular complexity index is 1430. The molecule has 0 spiro atoms. The van der Waals surface area contributed by atoms with Gasteiger partial charge in [-0.25, -0.2) is 14.6 Å². The lowest BCUT2D eigenvalue weighted by molar-refractivity contribution is -0.138. The zero-order valence-electron chi connectivity index (χ0n) is 20.9. The number of ether oxygens (including phenoxy) is 2. The third-order valence-corrected chi connectivity index (χ3v) is 6.42. The van der Waals surface area contributed by atoms with E-state index in [1.807, 2.05) is 41.1 Å². The van der Waals surface area contributed by atoms with Gasteiger partial charge in [0.05, 0.1) is 30.5 Å². The summed E-state index contributed by atoms with van der Waals surface area (Å²) in [5, 5.41) is 3.12. The summed E-state index contributed by atoms with van der Waals surface area (Å²) in [4.78, 5) is 33.1. The Morgan fingerprint density at radius 2 is 1.84 bits per heavy atom. The molecule has 0 amide bonds. The average molecular weight is 517 g/mol. The summed E-state index contributed by atoms with van der Waals surface area (Å²) in [7, 11) is 1.31. The molecule has 1 aromatic carbocycles. The van der Waals surface area contributed by atoms with Crippen LogP contribution in [0.2, 0.25) is 0 Å². The highest BCUT2D eigenvalue weighted by Gasteiger charge is 2.38. The number of benzene rings is 1. The van der Waals surface area contributed by atoms with Crippen LogP contribution in [0.15, 0.2) is 89.9 Å². The maximum Gasteiger partial charge on any atom is 0.337 e. The van der Waals surface area contributed by atoms with Gasteiger partial charge < -0.3 is 24.3 Å². The first kappa shape index (κ1) is 25.8. The van der Waals surface area contributed by atoms with Crippen LogP contribution in [0, 0.1) is 4.64 Å². The van der Waals surface area contributed by atoms with E-state index in [-0.39, 0.29) is 6.61 Å². The molecule has 0 bridgehead atoms. The van der Waals surface area contributed by atoms with Crippen LogP contribution in [0.1, 0.15) is 36.5 Å². The van der Waals surface area contributed by atoms with Crippen molar-refractivity contribution in [1.29, 1.82) is 0 Å². The molecule has 3 aromatic rings. The number of rotatable bonds is 8. The first-order valence-corrected chi connectivity index (χ1v) is 12.1. The molecule has 0 saturated heterocycles. The number of carbonyl (C=O) groups excluding carboxylic acids is 2. The van der Waals surface area contributed by atoms with Gasteiger partial charge in [-0.15, -0.1) is 0 Å². The molecular weight excluding hydrogens is 488 g/mol. The molecule has 0 saturated carbocycles. The molecule has 37 heavy (non-hydrogen) atoms. The van der Waals surface area contributed by atoms with E-state index in [1.54, 1.807) is 50.8 Å². The standard InChI is InChI=1S/C28H28N4O4S/c1-18-23(27(33)35-3)25(22-7-4-12-30-26(22)37)24(19(2)31-18)28(34)36-15-5-6-20-8-10-21(11-9-20)16-32-14-13-29-17-32/h4-14,17,25,31H,15-16H2,1-3H3,(H,30,37). The van der Waals surface area contributed by atoms with Crippen LogP contribution in [0.3, 0.4) is 0 Å². The summed E-state index contributed by atoms with van der Waals surface area (Å²) in [6.45, 7) is 4.36. The van der Waals surface area contributed by atoms with Crippen molar-refractivity contribution >= 4 is 30.2 Å². The number of H-pyrrole nitrogens is 1. The van der Waals surface area contributed by atoms with Crippen LogP contribution in [0.5, 0.6) is 0 Å². The van der Waals surface area contributed by atoms with Crippen molar-refractivity contribution in [2.24, 2.45) is 0 Å². The normalized spacial score (nSPS) is 15.6. The quantitative estimate of drug-likeness (QED) is 0.332. The zero-order chi connectivity index (χ0) is 26.4. The lowest BCUT2D eigenvalue weighted by Gasteiger charge is -2.30. The second-order valence-corrected chi connectivity index (χ2v) is 8.97. The zero-order valence-corrected chi connectivity index (χ0v) is 21.7. The predicted molar refractivity (Wildman–Crippen MR) is 143 cm³/mol. The maximum atomic E-state index is 13.3. The van der Waals surface area contributed by atoms with Crippen molar-refractivity contribution in [3.05, 3.63) is 111 Å². The van der Waals surface area contributed by atoms with Crippen molar-refractivity contribution in [2.75, 3.05) is 13.7 Å². The topological polar surface area (TPSA) is 98.2 Å². The number of hydrogen-bond donors (Lipinski definition) is 2. The largest absolute Gasteiger partial charge is 0.466 e. The Kier molecular flexibility index (Phi) is 8.15. The number of nitrogens with zero attached hydrogens (tertiary/aromatic N) is 2. The Balaban J connectivity index is 1.49. The third kappa shape index (κ3) is 5.95. The summed E-state index contributed by atoms with van der Waals surface area (Å²) in [5.74, 6) is -1.80. The highest BCUT2D eigenvalue weighted by molar-refractivity contribution is 7.71. The van der Waals surface area contributed by atoms with E-state index >= 15 is 0 Å². The van der Waals surface area contributed by atoms with E-state index in [1.165, 1.54) is 7.11 Å². The van der Waals surface area contributed by atoms with Gasteiger partial charge in [-0.3, -0.25) is 0 Å². The molecule has 9 heteroatoms. The number of pyridine rings is 1. The van der Waals surface area contributed by atoms with Crippen LogP contribution < -0.4 is 5.32 Å². The van der Waals surface area contributed by atoms with Gasteiger partial charge in [-0.2, -0.15) is 0 Å². The van der Waals surface area contributed by atoms with Crippen LogP contribution in [-0.4, -0.2) is 40.2 Å². The predicted octanol–water partition coefficient (Wildman–Crippen LogP) is 4.65. The van der Waals surface area contributed by atoms with Crippen molar-refractivity contribution in [3.8, 4) is 0 Å². The Labute approximate surface area is 220 Å². The first-order chi connectivity index (χ1) is 17.9. The van der Waals surface area contributed by atoms with Gasteiger partial charge in [0.1, 0.15) is 11.2 Å². The van der Waals surface area contributed by atoms with Gasteiger partial charge in [0, 0.05) is 36.5 Å². The highest BCUT2D eigenvalue weighted by atomic mass is 32.1. The van der Waals surface area contributed by atoms with Gasteiger partial charge in [-0.1, -0.05) is 48.6 Å². The van der Waals surface area contributed by atoms with Crippen LogP contribution in [0.25, 0.3) is 6.08 Å². The molecule has 0 aliphatic carbocycles. The molecule has 1 unspecified atom stereocenters. The second-order valence-electron chi connectivity index (χ2n) is 8.56. The maximum absolute atomic E-state index is 13.3. The minimum atomic E-state index is -0.724. The fraction of sp³-hybridized carbons (Fsp3) is 0.214. The Morgan fingerprint density at radius 3 is 2.49 bits per heavy atom. The summed E-state index contributed by atoms with van der Waals surface area (Å²) in [6.07, 6.45) is 10.8. The van der Waals surface area contributed by atoms with E-state index < -0.39 is 17.9 Å². The first-order valence-electron chi connectivity index (χ1n) is 11.7. The van der Waals surface area contributed by atoms with Crippen LogP contribution in [0.4, 0.5) is 0 Å². The molecular formula is C28H28N4O4S. The van der Waals surface area contributed by atoms with E-state index in [0.717, 1.165) is 17.7 Å². The molecule has 1 aliphatic rings. The Hall–Kier alpha value is -4.24. The summed E-state index contributed by atoms with van der Waals surface area (Å²) in [5.41, 5.74) is 4.59. The molecule has 0 radical (unpaired) electrons. The van der Waals surface area contributed by atoms with E-state index in [0.29, 0.717) is 32.7 Å². The summed E-state index contributed by atoms with van der Waals surface area (Å²) >= 11 is 5.49. The highest BCUT2D eigenvalue weighted by Crippen LogP contribution is 2.39. The fourth-order valence-electron chi connectivity index (χ4n) is 4.33. The fourth-order valence-corrected chi connectivity index (χ4v) is 4.58. The van der Waals surface area contributed by atoms with E-state index in [9.17, 15) is 9.59 Å². The number of allylic oxidation sites excluding steroid dienone is 2. The summed E-state index contributed by atoms with van der Waals surface area (Å²) < 4.78 is 13.1. The van der Waals surface area contributed by atoms with Crippen molar-refractivity contribution < 1.29 is 19.1 Å². The minimum Gasteiger partial charge on any atom is -0.466 e. The number of hydrogen-bond acceptors (Lipinski definition) is 7. The van der Waals surface area contributed by atoms with Crippen LogP contribution in [-0.2, 0) is 25.6 Å². The average Bonchev–Trinajstić information content (AvgIpc) is 3.40. The number of esters is 2. The molecule has 190 valence electrons. The third-order valence-electron chi connectivity index (χ3n) is 6.07. The molecule has 0 fully saturated rings. The molecule has 2 aromatic heterocycles. The van der Waals surface area contributed by atoms with E-state index in [2.05, 4.69) is 15.3 Å². The molecule has 1 atom stereocenters. The van der Waals surface area contributed by atoms with E-state index in [4.69, 9.17) is 21.7 Å². The number of dihydropyridines is 1. The number of aromatic nitrogens is 3. The van der Waals surface area contributed by atoms with Gasteiger partial charge in [0.15, 0.2) is 0 Å². The molecule has 3 heterocycles. The van der Waals surface area contributed by atoms with Gasteiger partial charge in [0.2, 0.25) is 0 Å². The number of nitrogens with one attached hydrogen (secondary N) is 2. The molecule has 1 aliphatic heterocycles. The second kappa shape index (κ2) is 11.7. The number of aromatic amines is 1. The SMILES string of the molecule is COC(=O)C1=C(C)NC(C)=C(C(=O)OCC=Cc2ccc(Cn3ccnc3)cc2)C1c1ccc[nH]c1=S. The molecule has 8 nitrogen and oxygen atoms in total. The smallest absolute Gasteiger partial charge is 0.337 e. The van der Waals surface area contributed by atoms with Crippen molar-refractivity contribution in [2.45, 2.75) is 26.3 Å². The summed E-state index contributed by atoms with van der Waals surface area (Å²) in [6, 6.07) is 11.7. The molecule has 4 rings (SSSR count). The Morgan fingerprint density at radius 1 is 1.11 bits per heavy atom. The van der Waals surface area contributed by atoms with Gasteiger partial charge >= 0.3 is 11.9 Å².